The van der Waals surface area contributed by atoms with Crippen molar-refractivity contribution in [2.24, 2.45) is 5.16 Å². The van der Waals surface area contributed by atoms with E-state index in [1.54, 1.807) is 13.2 Å². The predicted octanol–water partition coefficient (Wildman–Crippen LogP) is 5.39. The van der Waals surface area contributed by atoms with Crippen LogP contribution in [0, 0.1) is 6.92 Å². The molecule has 0 amide bonds. The predicted molar refractivity (Wildman–Crippen MR) is 111 cm³/mol. The zero-order chi connectivity index (χ0) is 19.2. The molecule has 4 nitrogen and oxygen atoms in total. The first-order valence-electron chi connectivity index (χ1n) is 8.85. The van der Waals surface area contributed by atoms with Gasteiger partial charge in [-0.25, -0.2) is 0 Å². The summed E-state index contributed by atoms with van der Waals surface area (Å²) >= 11 is 0. The number of nitrogens with zero attached hydrogens (tertiary/aromatic N) is 2. The van der Waals surface area contributed by atoms with E-state index in [9.17, 15) is 0 Å². The largest absolute Gasteiger partial charge is 0.497 e. The van der Waals surface area contributed by atoms with Crippen molar-refractivity contribution in [3.8, 4) is 22.7 Å². The molecule has 4 heteroatoms. The molecule has 0 saturated carbocycles. The maximum absolute atomic E-state index is 5.29. The van der Waals surface area contributed by atoms with Crippen LogP contribution in [0.25, 0.3) is 16.9 Å². The zero-order valence-corrected chi connectivity index (χ0v) is 16.0. The van der Waals surface area contributed by atoms with Crippen LogP contribution in [0.15, 0.2) is 78.5 Å². The summed E-state index contributed by atoms with van der Waals surface area (Å²) in [6.45, 7) is 8.10. The second kappa shape index (κ2) is 8.41. The average Bonchev–Trinajstić information content (AvgIpc) is 3.06. The number of methoxy groups -OCH3 is 1. The minimum atomic E-state index is 0.390. The number of benzene rings is 2. The van der Waals surface area contributed by atoms with Gasteiger partial charge in [-0.2, -0.15) is 0 Å². The Morgan fingerprint density at radius 2 is 1.81 bits per heavy atom. The van der Waals surface area contributed by atoms with Gasteiger partial charge in [0.15, 0.2) is 0 Å². The second-order valence-corrected chi connectivity index (χ2v) is 6.19. The van der Waals surface area contributed by atoms with Crippen molar-refractivity contribution >= 4 is 5.71 Å². The Morgan fingerprint density at radius 3 is 2.44 bits per heavy atom. The van der Waals surface area contributed by atoms with E-state index in [2.05, 4.69) is 53.6 Å². The normalized spacial score (nSPS) is 11.3. The van der Waals surface area contributed by atoms with Crippen LogP contribution < -0.4 is 4.74 Å². The molecule has 0 spiro atoms. The van der Waals surface area contributed by atoms with E-state index < -0.39 is 0 Å². The van der Waals surface area contributed by atoms with E-state index in [1.807, 2.05) is 37.3 Å². The maximum atomic E-state index is 5.29. The summed E-state index contributed by atoms with van der Waals surface area (Å²) in [5.74, 6) is 0.837. The summed E-state index contributed by atoms with van der Waals surface area (Å²) in [4.78, 5) is 5.29. The lowest BCUT2D eigenvalue weighted by Gasteiger charge is -2.12. The van der Waals surface area contributed by atoms with E-state index in [4.69, 9.17) is 9.57 Å². The van der Waals surface area contributed by atoms with Gasteiger partial charge in [0.1, 0.15) is 12.4 Å². The summed E-state index contributed by atoms with van der Waals surface area (Å²) in [6, 6.07) is 20.5. The topological polar surface area (TPSA) is 35.8 Å². The second-order valence-electron chi connectivity index (χ2n) is 6.19. The molecule has 3 aromatic rings. The van der Waals surface area contributed by atoms with Gasteiger partial charge in [-0.15, -0.1) is 0 Å². The highest BCUT2D eigenvalue weighted by Crippen LogP contribution is 2.31. The lowest BCUT2D eigenvalue weighted by molar-refractivity contribution is 0.175. The Balaban J connectivity index is 2.14. The highest BCUT2D eigenvalue weighted by atomic mass is 16.6. The van der Waals surface area contributed by atoms with Gasteiger partial charge >= 0.3 is 0 Å². The van der Waals surface area contributed by atoms with Crippen LogP contribution in [-0.4, -0.2) is 24.0 Å². The van der Waals surface area contributed by atoms with Crippen LogP contribution in [-0.2, 0) is 4.84 Å². The standard InChI is InChI=1S/C23H24N2O2/c1-5-15-27-24-17(2)22-16-23(19-11-13-21(26-4)14-12-19)25(18(22)3)20-9-7-6-8-10-20/h5-14,16H,1,15H2,2-4H3/b24-17+. The maximum Gasteiger partial charge on any atom is 0.135 e. The fraction of sp³-hybridized carbons (Fsp3) is 0.174. The number of rotatable bonds is 7. The minimum Gasteiger partial charge on any atom is -0.497 e. The summed E-state index contributed by atoms with van der Waals surface area (Å²) in [7, 11) is 1.67. The van der Waals surface area contributed by atoms with Gasteiger partial charge in [-0.05, 0) is 61.9 Å². The molecule has 0 fully saturated rings. The molecule has 2 aromatic carbocycles. The third kappa shape index (κ3) is 3.95. The third-order valence-corrected chi connectivity index (χ3v) is 4.43. The van der Waals surface area contributed by atoms with Crippen molar-refractivity contribution < 1.29 is 9.57 Å². The number of oxime groups is 1. The molecule has 0 saturated heterocycles. The van der Waals surface area contributed by atoms with Crippen molar-refractivity contribution in [3.05, 3.63) is 84.6 Å². The Bertz CT molecular complexity index is 939. The van der Waals surface area contributed by atoms with E-state index in [1.165, 1.54) is 0 Å². The first-order valence-corrected chi connectivity index (χ1v) is 8.85. The van der Waals surface area contributed by atoms with E-state index in [0.29, 0.717) is 6.61 Å². The zero-order valence-electron chi connectivity index (χ0n) is 16.0. The van der Waals surface area contributed by atoms with Crippen LogP contribution in [0.5, 0.6) is 5.75 Å². The lowest BCUT2D eigenvalue weighted by atomic mass is 10.1. The molecule has 0 unspecified atom stereocenters. The minimum absolute atomic E-state index is 0.390. The van der Waals surface area contributed by atoms with Crippen molar-refractivity contribution in [1.82, 2.24) is 4.57 Å². The van der Waals surface area contributed by atoms with Crippen molar-refractivity contribution in [2.45, 2.75) is 13.8 Å². The molecular formula is C23H24N2O2. The summed E-state index contributed by atoms with van der Waals surface area (Å²) < 4.78 is 7.53. The van der Waals surface area contributed by atoms with Gasteiger partial charge in [-0.3, -0.25) is 0 Å². The van der Waals surface area contributed by atoms with Crippen LogP contribution in [0.2, 0.25) is 0 Å². The number of aromatic nitrogens is 1. The number of ether oxygens (including phenoxy) is 1. The van der Waals surface area contributed by atoms with Crippen LogP contribution in [0.3, 0.4) is 0 Å². The molecule has 3 rings (SSSR count). The lowest BCUT2D eigenvalue weighted by Crippen LogP contribution is -2.02. The van der Waals surface area contributed by atoms with Crippen LogP contribution in [0.1, 0.15) is 18.2 Å². The molecule has 0 N–H and O–H groups in total. The van der Waals surface area contributed by atoms with Gasteiger partial charge in [0, 0.05) is 16.9 Å². The van der Waals surface area contributed by atoms with Gasteiger partial charge < -0.3 is 14.1 Å². The van der Waals surface area contributed by atoms with Gasteiger partial charge in [-0.1, -0.05) is 36.0 Å². The highest BCUT2D eigenvalue weighted by Gasteiger charge is 2.17. The molecule has 1 aromatic heterocycles. The third-order valence-electron chi connectivity index (χ3n) is 4.43. The van der Waals surface area contributed by atoms with Gasteiger partial charge in [0.25, 0.3) is 0 Å². The Labute approximate surface area is 160 Å². The Kier molecular flexibility index (Phi) is 5.77. The molecule has 0 atom stereocenters. The Morgan fingerprint density at radius 1 is 1.11 bits per heavy atom. The average molecular weight is 360 g/mol. The van der Waals surface area contributed by atoms with Crippen LogP contribution >= 0.6 is 0 Å². The quantitative estimate of drug-likeness (QED) is 0.245. The van der Waals surface area contributed by atoms with Gasteiger partial charge in [0.2, 0.25) is 0 Å². The molecule has 0 bridgehead atoms. The first-order chi connectivity index (χ1) is 13.2. The summed E-state index contributed by atoms with van der Waals surface area (Å²) in [6.07, 6.45) is 1.68. The van der Waals surface area contributed by atoms with E-state index in [0.717, 1.165) is 39.7 Å². The SMILES string of the molecule is C=CCO/N=C(\C)c1cc(-c2ccc(OC)cc2)n(-c2ccccc2)c1C. The summed E-state index contributed by atoms with van der Waals surface area (Å²) in [5, 5.41) is 4.23. The van der Waals surface area contributed by atoms with Crippen molar-refractivity contribution in [3.63, 3.8) is 0 Å². The van der Waals surface area contributed by atoms with E-state index >= 15 is 0 Å². The fourth-order valence-electron chi connectivity index (χ4n) is 3.09. The Hall–Kier alpha value is -3.27. The van der Waals surface area contributed by atoms with Crippen molar-refractivity contribution in [1.29, 1.82) is 0 Å². The fourth-order valence-corrected chi connectivity index (χ4v) is 3.09. The van der Waals surface area contributed by atoms with E-state index in [-0.39, 0.29) is 0 Å². The highest BCUT2D eigenvalue weighted by molar-refractivity contribution is 6.01. The molecule has 0 aliphatic carbocycles. The smallest absolute Gasteiger partial charge is 0.135 e. The number of hydrogen-bond acceptors (Lipinski definition) is 3. The number of para-hydroxylation sites is 1. The molecule has 0 aliphatic rings. The van der Waals surface area contributed by atoms with Crippen LogP contribution in [0.4, 0.5) is 0 Å². The molecule has 138 valence electrons. The number of hydrogen-bond donors (Lipinski definition) is 0. The molecule has 1 heterocycles. The molecule has 0 aliphatic heterocycles. The monoisotopic (exact) mass is 360 g/mol. The van der Waals surface area contributed by atoms with Gasteiger partial charge in [0.05, 0.1) is 18.5 Å². The van der Waals surface area contributed by atoms with Crippen molar-refractivity contribution in [2.75, 3.05) is 13.7 Å². The summed E-state index contributed by atoms with van der Waals surface area (Å²) in [5.41, 5.74) is 6.29. The molecule has 27 heavy (non-hydrogen) atoms. The molecular weight excluding hydrogens is 336 g/mol. The first kappa shape index (κ1) is 18.5. The molecule has 0 radical (unpaired) electrons.